The van der Waals surface area contributed by atoms with Gasteiger partial charge in [0.2, 0.25) is 0 Å². The van der Waals surface area contributed by atoms with Gasteiger partial charge in [0.25, 0.3) is 6.71 Å². The summed E-state index contributed by atoms with van der Waals surface area (Å²) in [4.78, 5) is 0. The molecule has 0 saturated heterocycles. The number of hydrogen-bond acceptors (Lipinski definition) is 2. The highest BCUT2D eigenvalue weighted by molar-refractivity contribution is 7.03. The normalized spacial score (nSPS) is 13.4. The van der Waals surface area contributed by atoms with Crippen LogP contribution in [0.3, 0.4) is 0 Å². The van der Waals surface area contributed by atoms with Crippen LogP contribution in [-0.4, -0.2) is 85.2 Å². The SMILES string of the molecule is Bc1c(B)c(B)c2c(c1B)Oc1c(B)c(C(C)(C)C)c(B)c3c1B2c1c(B)c(B)c(B)c(B)c1O3. The molecule has 3 aromatic carbocycles. The summed E-state index contributed by atoms with van der Waals surface area (Å²) >= 11 is 0. The lowest BCUT2D eigenvalue weighted by atomic mass is 9.30. The molecule has 35 heavy (non-hydrogen) atoms. The second kappa shape index (κ2) is 7.74. The second-order valence-corrected chi connectivity index (χ2v) is 12.1. The van der Waals surface area contributed by atoms with E-state index >= 15 is 0 Å². The van der Waals surface area contributed by atoms with Crippen LogP contribution in [0, 0.1) is 0 Å². The highest BCUT2D eigenvalue weighted by Crippen LogP contribution is 2.33. The average Bonchev–Trinajstić information content (AvgIpc) is 2.79. The summed E-state index contributed by atoms with van der Waals surface area (Å²) in [6.45, 7) is 6.98. The van der Waals surface area contributed by atoms with Gasteiger partial charge in [0.15, 0.2) is 0 Å². The maximum absolute atomic E-state index is 6.95. The van der Waals surface area contributed by atoms with Gasteiger partial charge in [-0.2, -0.15) is 0 Å². The molecule has 0 N–H and O–H groups in total. The molecule has 0 unspecified atom stereocenters. The van der Waals surface area contributed by atoms with Crippen molar-refractivity contribution in [3.05, 3.63) is 5.56 Å². The van der Waals surface area contributed by atoms with E-state index in [1.807, 2.05) is 0 Å². The minimum atomic E-state index is -0.0230. The van der Waals surface area contributed by atoms with Gasteiger partial charge in [0, 0.05) is 5.46 Å². The zero-order valence-electron chi connectivity index (χ0n) is 23.9. The van der Waals surface area contributed by atoms with Crippen molar-refractivity contribution < 1.29 is 9.47 Å². The van der Waals surface area contributed by atoms with Crippen LogP contribution in [0.15, 0.2) is 0 Å². The van der Waals surface area contributed by atoms with E-state index in [1.54, 1.807) is 0 Å². The van der Waals surface area contributed by atoms with Crippen LogP contribution in [0.1, 0.15) is 26.3 Å². The van der Waals surface area contributed by atoms with Crippen molar-refractivity contribution in [3.63, 3.8) is 0 Å². The fourth-order valence-electron chi connectivity index (χ4n) is 6.88. The first-order chi connectivity index (χ1) is 16.2. The second-order valence-electron chi connectivity index (χ2n) is 12.1. The van der Waals surface area contributed by atoms with Crippen LogP contribution in [0.2, 0.25) is 0 Å². The Hall–Kier alpha value is -2.03. The zero-order chi connectivity index (χ0) is 25.9. The summed E-state index contributed by atoms with van der Waals surface area (Å²) in [6.07, 6.45) is 0. The molecule has 2 nitrogen and oxygen atoms in total. The predicted molar refractivity (Wildman–Crippen MR) is 185 cm³/mol. The maximum atomic E-state index is 6.95. The highest BCUT2D eigenvalue weighted by Gasteiger charge is 2.45. The summed E-state index contributed by atoms with van der Waals surface area (Å²) in [5.74, 6) is 4.09. The molecular formula is C22H29B11O2. The van der Waals surface area contributed by atoms with Crippen molar-refractivity contribution in [1.29, 1.82) is 0 Å². The quantitative estimate of drug-likeness (QED) is 0.221. The van der Waals surface area contributed by atoms with Crippen LogP contribution >= 0.6 is 0 Å². The minimum Gasteiger partial charge on any atom is -0.460 e. The molecule has 0 aliphatic carbocycles. The predicted octanol–water partition coefficient (Wildman–Crippen LogP) is -13.7. The number of rotatable bonds is 0. The van der Waals surface area contributed by atoms with Gasteiger partial charge in [-0.05, 0) is 32.8 Å². The molecule has 0 bridgehead atoms. The summed E-state index contributed by atoms with van der Waals surface area (Å²) < 4.78 is 13.9. The van der Waals surface area contributed by atoms with Gasteiger partial charge in [-0.1, -0.05) is 53.5 Å². The van der Waals surface area contributed by atoms with E-state index in [0.29, 0.717) is 0 Å². The molecule has 0 saturated carbocycles. The third-order valence-corrected chi connectivity index (χ3v) is 9.30. The van der Waals surface area contributed by atoms with E-state index < -0.39 is 0 Å². The number of fused-ring (bicyclic) bond motifs is 4. The zero-order valence-corrected chi connectivity index (χ0v) is 23.9. The number of benzene rings is 3. The Labute approximate surface area is 220 Å². The van der Waals surface area contributed by atoms with Gasteiger partial charge in [0.1, 0.15) is 101 Å². The summed E-state index contributed by atoms with van der Waals surface area (Å²) in [6, 6.07) is 0. The molecule has 0 spiro atoms. The van der Waals surface area contributed by atoms with E-state index in [-0.39, 0.29) is 12.1 Å². The molecule has 3 aromatic rings. The molecule has 0 radical (unpaired) electrons. The van der Waals surface area contributed by atoms with E-state index in [2.05, 4.69) is 99.2 Å². The lowest BCUT2D eigenvalue weighted by molar-refractivity contribution is 0.469. The van der Waals surface area contributed by atoms with Crippen LogP contribution < -0.4 is 80.5 Å². The fourth-order valence-corrected chi connectivity index (χ4v) is 6.88. The number of hydrogen-bond donors (Lipinski definition) is 0. The van der Waals surface area contributed by atoms with Crippen LogP contribution in [0.5, 0.6) is 23.0 Å². The van der Waals surface area contributed by atoms with Crippen molar-refractivity contribution in [2.24, 2.45) is 0 Å². The van der Waals surface area contributed by atoms with E-state index in [4.69, 9.17) is 9.47 Å². The molecule has 2 aliphatic heterocycles. The molecule has 162 valence electrons. The first-order valence-electron chi connectivity index (χ1n) is 12.9. The van der Waals surface area contributed by atoms with Crippen LogP contribution in [-0.2, 0) is 5.41 Å². The van der Waals surface area contributed by atoms with E-state index in [0.717, 1.165) is 23.0 Å². The average molecular weight is 444 g/mol. The fraction of sp³-hybridized carbons (Fsp3) is 0.182. The Morgan fingerprint density at radius 3 is 1.09 bits per heavy atom. The van der Waals surface area contributed by atoms with Gasteiger partial charge >= 0.3 is 0 Å². The Kier molecular flexibility index (Phi) is 5.45. The minimum absolute atomic E-state index is 0.0230. The van der Waals surface area contributed by atoms with Crippen molar-refractivity contribution in [2.75, 3.05) is 0 Å². The monoisotopic (exact) mass is 446 g/mol. The summed E-state index contributed by atoms with van der Waals surface area (Å²) in [7, 11) is 22.4. The van der Waals surface area contributed by atoms with Gasteiger partial charge in [-0.25, -0.2) is 0 Å². The molecular weight excluding hydrogens is 415 g/mol. The smallest absolute Gasteiger partial charge is 0.259 e. The van der Waals surface area contributed by atoms with Crippen molar-refractivity contribution in [1.82, 2.24) is 0 Å². The highest BCUT2D eigenvalue weighted by atomic mass is 16.5. The van der Waals surface area contributed by atoms with Gasteiger partial charge in [0.05, 0.1) is 0 Å². The molecule has 5 rings (SSSR count). The Morgan fingerprint density at radius 1 is 0.429 bits per heavy atom. The van der Waals surface area contributed by atoms with Crippen molar-refractivity contribution in [2.45, 2.75) is 26.2 Å². The first-order valence-corrected chi connectivity index (χ1v) is 12.9. The van der Waals surface area contributed by atoms with E-state index in [9.17, 15) is 0 Å². The molecule has 0 aromatic heterocycles. The Bertz CT molecular complexity index is 1390. The largest absolute Gasteiger partial charge is 0.460 e. The Balaban J connectivity index is 2.03. The van der Waals surface area contributed by atoms with Crippen molar-refractivity contribution in [3.8, 4) is 23.0 Å². The van der Waals surface area contributed by atoms with E-state index in [1.165, 1.54) is 76.6 Å². The maximum Gasteiger partial charge on any atom is 0.259 e. The molecule has 0 amide bonds. The lowest BCUT2D eigenvalue weighted by Gasteiger charge is -2.41. The first kappa shape index (κ1) is 24.7. The molecule has 2 heterocycles. The Morgan fingerprint density at radius 2 is 0.743 bits per heavy atom. The molecule has 2 aliphatic rings. The molecule has 0 atom stereocenters. The van der Waals surface area contributed by atoms with Gasteiger partial charge < -0.3 is 9.47 Å². The van der Waals surface area contributed by atoms with Crippen LogP contribution in [0.25, 0.3) is 0 Å². The summed E-state index contributed by atoms with van der Waals surface area (Å²) in [5.41, 5.74) is 18.2. The number of ether oxygens (including phenoxy) is 2. The van der Waals surface area contributed by atoms with Crippen LogP contribution in [0.4, 0.5) is 0 Å². The standard InChI is InChI=1S/C22H29B11O2/c1-22(2,3)4-5(23)18-17-19(6(4)24)35-21-14(32)10(28)8(26)12(30)16(21)33(17)15-11(29)7(25)9(27)13(31)20(15)34-18/h23-32H2,1-3H3. The summed E-state index contributed by atoms with van der Waals surface area (Å²) in [5, 5.41) is 0. The van der Waals surface area contributed by atoms with Crippen molar-refractivity contribution >= 4 is 156 Å². The molecule has 0 fully saturated rings. The van der Waals surface area contributed by atoms with Gasteiger partial charge in [-0.15, -0.1) is 10.9 Å². The third-order valence-electron chi connectivity index (χ3n) is 9.30. The third kappa shape index (κ3) is 3.12. The lowest BCUT2D eigenvalue weighted by Crippen LogP contribution is -2.73. The topological polar surface area (TPSA) is 18.5 Å². The molecule has 13 heteroatoms. The van der Waals surface area contributed by atoms with Gasteiger partial charge in [-0.3, -0.25) is 0 Å².